The summed E-state index contributed by atoms with van der Waals surface area (Å²) >= 11 is 6.31. The molecule has 5 nitrogen and oxygen atoms in total. The summed E-state index contributed by atoms with van der Waals surface area (Å²) in [5, 5.41) is 6.10. The van der Waals surface area contributed by atoms with Crippen LogP contribution in [-0.2, 0) is 6.42 Å². The number of halogens is 5. The van der Waals surface area contributed by atoms with E-state index in [1.54, 1.807) is 6.92 Å². The molecule has 0 saturated carbocycles. The molecule has 166 valence electrons. The molecule has 1 heterocycles. The lowest BCUT2D eigenvalue weighted by Gasteiger charge is -2.27. The maximum atomic E-state index is 14.6. The lowest BCUT2D eigenvalue weighted by Crippen LogP contribution is -2.47. The summed E-state index contributed by atoms with van der Waals surface area (Å²) in [6.45, 7) is 5.39. The molecular weight excluding hydrogens is 426 g/mol. The number of ether oxygens (including phenoxy) is 1. The zero-order chi connectivity index (χ0) is 22.5. The minimum atomic E-state index is -1.71. The zero-order valence-corrected chi connectivity index (χ0v) is 17.7. The molecule has 2 rings (SSSR count). The Balaban J connectivity index is 2.24. The van der Waals surface area contributed by atoms with Crippen molar-refractivity contribution in [1.82, 2.24) is 15.1 Å². The Labute approximate surface area is 177 Å². The number of alkyl halides is 1. The van der Waals surface area contributed by atoms with Crippen molar-refractivity contribution < 1.29 is 27.1 Å². The number of nitrogens with one attached hydrogen (secondary N) is 1. The molecule has 10 heteroatoms. The van der Waals surface area contributed by atoms with Crippen molar-refractivity contribution in [3.8, 4) is 5.75 Å². The Kier molecular flexibility index (Phi) is 8.11. The first-order valence-electron chi connectivity index (χ1n) is 9.58. The molecule has 0 fully saturated rings. The largest absolute Gasteiger partial charge is 0.487 e. The molecule has 0 aliphatic heterocycles. The van der Waals surface area contributed by atoms with Crippen LogP contribution in [0.4, 0.5) is 22.4 Å². The second kappa shape index (κ2) is 10.1. The molecular formula is C20H24ClF4N3O2. The predicted octanol–water partition coefficient (Wildman–Crippen LogP) is 5.40. The second-order valence-electron chi connectivity index (χ2n) is 7.32. The van der Waals surface area contributed by atoms with E-state index in [0.29, 0.717) is 12.3 Å². The predicted molar refractivity (Wildman–Crippen MR) is 105 cm³/mol. The Morgan fingerprint density at radius 2 is 1.87 bits per heavy atom. The van der Waals surface area contributed by atoms with Crippen LogP contribution in [-0.4, -0.2) is 27.4 Å². The van der Waals surface area contributed by atoms with Crippen LogP contribution in [0, 0.1) is 29.2 Å². The molecule has 0 aliphatic carbocycles. The topological polar surface area (TPSA) is 56.1 Å². The smallest absolute Gasteiger partial charge is 0.343 e. The highest BCUT2D eigenvalue weighted by Gasteiger charge is 2.35. The molecule has 0 spiro atoms. The van der Waals surface area contributed by atoms with Gasteiger partial charge in [0.1, 0.15) is 5.00 Å². The highest BCUT2D eigenvalue weighted by molar-refractivity contribution is 6.24. The number of hydrogen-bond acceptors (Lipinski definition) is 3. The van der Waals surface area contributed by atoms with Crippen molar-refractivity contribution >= 4 is 17.6 Å². The number of carbonyl (C=O) groups is 1. The van der Waals surface area contributed by atoms with Crippen LogP contribution in [0.1, 0.15) is 45.6 Å². The van der Waals surface area contributed by atoms with Crippen LogP contribution in [0.5, 0.6) is 5.75 Å². The number of hydrogen-bond donors (Lipinski definition) is 1. The third-order valence-corrected chi connectivity index (χ3v) is 5.04. The standard InChI is InChI=1S/C20H24ClF4N3O2/c1-4-20(21,27-19(29)28-9-6-8-26-28)11-13-14(22)16(24)18(17(25)15(13)23)30-10-5-7-12(2)3/h6,8-9,12H,4-5,7,10-11H2,1-3H3,(H,27,29). The number of benzene rings is 1. The molecule has 0 saturated heterocycles. The second-order valence-corrected chi connectivity index (χ2v) is 8.05. The number of aromatic nitrogens is 2. The summed E-state index contributed by atoms with van der Waals surface area (Å²) in [4.78, 5) is 10.5. The maximum Gasteiger partial charge on any atom is 0.343 e. The molecule has 0 bridgehead atoms. The quantitative estimate of drug-likeness (QED) is 0.183. The first-order chi connectivity index (χ1) is 14.1. The van der Waals surface area contributed by atoms with Crippen molar-refractivity contribution in [2.75, 3.05) is 6.61 Å². The Bertz CT molecular complexity index is 848. The monoisotopic (exact) mass is 449 g/mol. The lowest BCUT2D eigenvalue weighted by atomic mass is 10.0. The normalized spacial score (nSPS) is 13.4. The molecule has 1 amide bonds. The average Bonchev–Trinajstić information content (AvgIpc) is 3.24. The van der Waals surface area contributed by atoms with Gasteiger partial charge in [0.2, 0.25) is 11.6 Å². The van der Waals surface area contributed by atoms with Gasteiger partial charge in [-0.05, 0) is 31.2 Å². The summed E-state index contributed by atoms with van der Waals surface area (Å²) in [6, 6.07) is 0.731. The van der Waals surface area contributed by atoms with Crippen molar-refractivity contribution in [3.05, 3.63) is 47.3 Å². The van der Waals surface area contributed by atoms with Gasteiger partial charge in [-0.25, -0.2) is 13.6 Å². The fraction of sp³-hybridized carbons (Fsp3) is 0.500. The first-order valence-corrected chi connectivity index (χ1v) is 9.96. The highest BCUT2D eigenvalue weighted by atomic mass is 35.5. The Hall–Kier alpha value is -2.29. The van der Waals surface area contributed by atoms with Crippen LogP contribution in [0.25, 0.3) is 0 Å². The lowest BCUT2D eigenvalue weighted by molar-refractivity contribution is 0.231. The van der Waals surface area contributed by atoms with E-state index in [9.17, 15) is 22.4 Å². The van der Waals surface area contributed by atoms with E-state index >= 15 is 0 Å². The Morgan fingerprint density at radius 1 is 1.23 bits per heavy atom. The van der Waals surface area contributed by atoms with Gasteiger partial charge in [-0.3, -0.25) is 0 Å². The number of carbonyl (C=O) groups excluding carboxylic acids is 1. The van der Waals surface area contributed by atoms with Crippen LogP contribution in [0.15, 0.2) is 18.5 Å². The van der Waals surface area contributed by atoms with Crippen molar-refractivity contribution in [1.29, 1.82) is 0 Å². The van der Waals surface area contributed by atoms with E-state index in [1.807, 2.05) is 13.8 Å². The molecule has 1 atom stereocenters. The van der Waals surface area contributed by atoms with Gasteiger partial charge in [0, 0.05) is 24.4 Å². The van der Waals surface area contributed by atoms with Gasteiger partial charge >= 0.3 is 6.03 Å². The van der Waals surface area contributed by atoms with Crippen LogP contribution in [0.3, 0.4) is 0 Å². The van der Waals surface area contributed by atoms with Crippen molar-refractivity contribution in [2.24, 2.45) is 5.92 Å². The summed E-state index contributed by atoms with van der Waals surface area (Å²) < 4.78 is 63.8. The van der Waals surface area contributed by atoms with Gasteiger partial charge in [0.15, 0.2) is 17.4 Å². The van der Waals surface area contributed by atoms with E-state index in [4.69, 9.17) is 16.3 Å². The molecule has 0 aliphatic rings. The molecule has 30 heavy (non-hydrogen) atoms. The van der Waals surface area contributed by atoms with Crippen LogP contribution < -0.4 is 10.1 Å². The minimum Gasteiger partial charge on any atom is -0.487 e. The maximum absolute atomic E-state index is 14.6. The summed E-state index contributed by atoms with van der Waals surface area (Å²) in [6.07, 6.45) is 3.21. The van der Waals surface area contributed by atoms with Gasteiger partial charge in [0.05, 0.1) is 6.61 Å². The number of rotatable bonds is 9. The Morgan fingerprint density at radius 3 is 2.37 bits per heavy atom. The molecule has 2 aromatic rings. The van der Waals surface area contributed by atoms with E-state index < -0.39 is 52.0 Å². The molecule has 1 unspecified atom stereocenters. The third-order valence-electron chi connectivity index (χ3n) is 4.55. The van der Waals surface area contributed by atoms with E-state index in [1.165, 1.54) is 18.5 Å². The molecule has 1 aromatic carbocycles. The van der Waals surface area contributed by atoms with Crippen molar-refractivity contribution in [2.45, 2.75) is 51.5 Å². The summed E-state index contributed by atoms with van der Waals surface area (Å²) in [5.41, 5.74) is -0.919. The summed E-state index contributed by atoms with van der Waals surface area (Å²) in [5.74, 6) is -7.25. The molecule has 1 aromatic heterocycles. The van der Waals surface area contributed by atoms with Crippen LogP contribution >= 0.6 is 11.6 Å². The average molecular weight is 450 g/mol. The van der Waals surface area contributed by atoms with Crippen molar-refractivity contribution in [3.63, 3.8) is 0 Å². The SMILES string of the molecule is CCC(Cl)(Cc1c(F)c(F)c(OCCCC(C)C)c(F)c1F)NC(=O)n1cccn1. The van der Waals surface area contributed by atoms with Crippen LogP contribution in [0.2, 0.25) is 0 Å². The van der Waals surface area contributed by atoms with E-state index in [2.05, 4.69) is 10.4 Å². The van der Waals surface area contributed by atoms with Gasteiger partial charge < -0.3 is 10.1 Å². The fourth-order valence-corrected chi connectivity index (χ4v) is 2.99. The van der Waals surface area contributed by atoms with E-state index in [0.717, 1.165) is 11.1 Å². The third kappa shape index (κ3) is 5.65. The molecule has 0 radical (unpaired) electrons. The number of amides is 1. The highest BCUT2D eigenvalue weighted by Crippen LogP contribution is 2.34. The van der Waals surface area contributed by atoms with Gasteiger partial charge in [0.25, 0.3) is 0 Å². The van der Waals surface area contributed by atoms with E-state index in [-0.39, 0.29) is 13.0 Å². The zero-order valence-electron chi connectivity index (χ0n) is 16.9. The minimum absolute atomic E-state index is 0.0110. The van der Waals surface area contributed by atoms with Gasteiger partial charge in [-0.1, -0.05) is 32.4 Å². The first kappa shape index (κ1) is 24.0. The van der Waals surface area contributed by atoms with Gasteiger partial charge in [-0.2, -0.15) is 18.6 Å². The summed E-state index contributed by atoms with van der Waals surface area (Å²) in [7, 11) is 0. The van der Waals surface area contributed by atoms with Gasteiger partial charge in [-0.15, -0.1) is 0 Å². The molecule has 1 N–H and O–H groups in total. The number of nitrogens with zero attached hydrogens (tertiary/aromatic N) is 2. The fourth-order valence-electron chi connectivity index (χ4n) is 2.78.